The number of carbonyl (C=O) groups is 2. The summed E-state index contributed by atoms with van der Waals surface area (Å²) in [7, 11) is 0. The zero-order valence-electron chi connectivity index (χ0n) is 13.5. The van der Waals surface area contributed by atoms with Gasteiger partial charge in [-0.2, -0.15) is 0 Å². The maximum absolute atomic E-state index is 12.6. The van der Waals surface area contributed by atoms with Crippen molar-refractivity contribution < 1.29 is 14.7 Å². The van der Waals surface area contributed by atoms with Crippen LogP contribution in [-0.2, 0) is 4.79 Å². The van der Waals surface area contributed by atoms with Gasteiger partial charge in [0.2, 0.25) is 0 Å². The number of hydrogen-bond acceptors (Lipinski definition) is 4. The van der Waals surface area contributed by atoms with Crippen LogP contribution in [-0.4, -0.2) is 33.6 Å². The molecule has 6 heteroatoms. The van der Waals surface area contributed by atoms with Crippen LogP contribution < -0.4 is 0 Å². The second kappa shape index (κ2) is 7.36. The smallest absolute Gasteiger partial charge is 0.335 e. The van der Waals surface area contributed by atoms with Crippen LogP contribution in [0.25, 0.3) is 6.08 Å². The van der Waals surface area contributed by atoms with E-state index in [4.69, 9.17) is 5.11 Å². The van der Waals surface area contributed by atoms with E-state index in [9.17, 15) is 9.59 Å². The van der Waals surface area contributed by atoms with Gasteiger partial charge in [-0.05, 0) is 54.6 Å². The Labute approximate surface area is 149 Å². The maximum Gasteiger partial charge on any atom is 0.335 e. The first-order valence-corrected chi connectivity index (χ1v) is 8.58. The molecule has 1 amide bonds. The number of carbonyl (C=O) groups excluding carboxylic acids is 1. The number of nitrogens with zero attached hydrogens (tertiary/aromatic N) is 2. The van der Waals surface area contributed by atoms with Crippen LogP contribution in [0, 0.1) is 0 Å². The van der Waals surface area contributed by atoms with Gasteiger partial charge in [-0.1, -0.05) is 30.3 Å². The Bertz CT molecular complexity index is 858. The summed E-state index contributed by atoms with van der Waals surface area (Å²) in [6, 6.07) is 15.9. The Balaban J connectivity index is 1.89. The van der Waals surface area contributed by atoms with Gasteiger partial charge >= 0.3 is 5.97 Å². The predicted molar refractivity (Wildman–Crippen MR) is 99.9 cm³/mol. The van der Waals surface area contributed by atoms with Gasteiger partial charge in [-0.25, -0.2) is 9.79 Å². The maximum atomic E-state index is 12.6. The number of carboxylic acid groups (broad SMARTS) is 1. The molecule has 126 valence electrons. The third-order valence-corrected chi connectivity index (χ3v) is 4.65. The van der Waals surface area contributed by atoms with Crippen molar-refractivity contribution in [2.24, 2.45) is 4.99 Å². The third-order valence-electron chi connectivity index (χ3n) is 3.64. The number of rotatable bonds is 4. The normalized spacial score (nSPS) is 17.5. The van der Waals surface area contributed by atoms with E-state index >= 15 is 0 Å². The number of thioether (sulfide) groups is 1. The summed E-state index contributed by atoms with van der Waals surface area (Å²) in [5, 5.41) is 9.59. The lowest BCUT2D eigenvalue weighted by molar-refractivity contribution is -0.122. The van der Waals surface area contributed by atoms with Gasteiger partial charge in [0.25, 0.3) is 5.91 Å². The monoisotopic (exact) mass is 352 g/mol. The molecule has 1 N–H and O–H groups in total. The number of amidine groups is 1. The summed E-state index contributed by atoms with van der Waals surface area (Å²) in [5.74, 6) is -1.07. The molecule has 1 aliphatic heterocycles. The molecular weight excluding hydrogens is 336 g/mol. The van der Waals surface area contributed by atoms with Crippen molar-refractivity contribution >= 4 is 40.6 Å². The van der Waals surface area contributed by atoms with Crippen molar-refractivity contribution in [3.8, 4) is 0 Å². The van der Waals surface area contributed by atoms with E-state index in [0.717, 1.165) is 11.3 Å². The Hall–Kier alpha value is -2.86. The highest BCUT2D eigenvalue weighted by Gasteiger charge is 2.32. The van der Waals surface area contributed by atoms with Gasteiger partial charge in [0, 0.05) is 6.54 Å². The molecule has 1 heterocycles. The standard InChI is InChI=1S/C19H16N2O3S/c1-2-21-17(22)16(12-13-8-10-14(11-9-13)18(23)24)25-19(21)20-15-6-4-3-5-7-15/h3-12H,2H2,1H3,(H,23,24). The molecule has 2 aromatic carbocycles. The molecule has 3 rings (SSSR count). The number of likely N-dealkylation sites (N-methyl/N-ethyl adjacent to an activating group) is 1. The fourth-order valence-electron chi connectivity index (χ4n) is 2.36. The predicted octanol–water partition coefficient (Wildman–Crippen LogP) is 4.01. The summed E-state index contributed by atoms with van der Waals surface area (Å²) >= 11 is 1.32. The van der Waals surface area contributed by atoms with Gasteiger partial charge < -0.3 is 5.11 Å². The van der Waals surface area contributed by atoms with Crippen molar-refractivity contribution in [1.29, 1.82) is 0 Å². The van der Waals surface area contributed by atoms with E-state index < -0.39 is 5.97 Å². The fraction of sp³-hybridized carbons (Fsp3) is 0.105. The molecule has 2 aromatic rings. The lowest BCUT2D eigenvalue weighted by Gasteiger charge is -2.11. The van der Waals surface area contributed by atoms with Crippen LogP contribution >= 0.6 is 11.8 Å². The quantitative estimate of drug-likeness (QED) is 0.844. The number of amides is 1. The number of hydrogen-bond donors (Lipinski definition) is 1. The molecule has 0 saturated carbocycles. The second-order valence-corrected chi connectivity index (χ2v) is 6.33. The number of carboxylic acids is 1. The van der Waals surface area contributed by atoms with Crippen LogP contribution in [0.5, 0.6) is 0 Å². The average molecular weight is 352 g/mol. The first-order chi connectivity index (χ1) is 12.1. The van der Waals surface area contributed by atoms with Crippen molar-refractivity contribution in [1.82, 2.24) is 4.90 Å². The number of aromatic carboxylic acids is 1. The van der Waals surface area contributed by atoms with E-state index in [0.29, 0.717) is 16.6 Å². The molecular formula is C19H16N2O3S. The summed E-state index contributed by atoms with van der Waals surface area (Å²) in [6.45, 7) is 2.44. The SMILES string of the molecule is CCN1C(=O)C(=Cc2ccc(C(=O)O)cc2)SC1=Nc1ccccc1. The third kappa shape index (κ3) is 3.80. The minimum Gasteiger partial charge on any atom is -0.478 e. The highest BCUT2D eigenvalue weighted by atomic mass is 32.2. The molecule has 0 aliphatic carbocycles. The molecule has 1 fully saturated rings. The number of benzene rings is 2. The molecule has 0 bridgehead atoms. The first-order valence-electron chi connectivity index (χ1n) is 7.77. The van der Waals surface area contributed by atoms with Crippen LogP contribution in [0.2, 0.25) is 0 Å². The van der Waals surface area contributed by atoms with Crippen molar-refractivity contribution in [3.05, 3.63) is 70.6 Å². The summed E-state index contributed by atoms with van der Waals surface area (Å²) in [4.78, 5) is 30.2. The van der Waals surface area contributed by atoms with Crippen LogP contribution in [0.4, 0.5) is 5.69 Å². The van der Waals surface area contributed by atoms with Gasteiger partial charge in [-0.3, -0.25) is 9.69 Å². The minimum absolute atomic E-state index is 0.0931. The first kappa shape index (κ1) is 17.0. The van der Waals surface area contributed by atoms with Gasteiger partial charge in [0.15, 0.2) is 5.17 Å². The average Bonchev–Trinajstić information content (AvgIpc) is 2.91. The lowest BCUT2D eigenvalue weighted by Crippen LogP contribution is -2.28. The summed E-state index contributed by atoms with van der Waals surface area (Å²) in [6.07, 6.45) is 1.76. The summed E-state index contributed by atoms with van der Waals surface area (Å²) < 4.78 is 0. The van der Waals surface area contributed by atoms with Crippen molar-refractivity contribution in [2.75, 3.05) is 6.54 Å². The Morgan fingerprint density at radius 3 is 2.44 bits per heavy atom. The topological polar surface area (TPSA) is 70.0 Å². The molecule has 5 nitrogen and oxygen atoms in total. The number of para-hydroxylation sites is 1. The van der Waals surface area contributed by atoms with Crippen LogP contribution in [0.1, 0.15) is 22.8 Å². The Morgan fingerprint density at radius 1 is 1.16 bits per heavy atom. The van der Waals surface area contributed by atoms with E-state index in [1.54, 1.807) is 23.1 Å². The molecule has 0 unspecified atom stereocenters. The molecule has 0 spiro atoms. The van der Waals surface area contributed by atoms with E-state index in [2.05, 4.69) is 4.99 Å². The Kier molecular flexibility index (Phi) is 5.00. The largest absolute Gasteiger partial charge is 0.478 e. The minimum atomic E-state index is -0.972. The van der Waals surface area contributed by atoms with Crippen molar-refractivity contribution in [2.45, 2.75) is 6.92 Å². The van der Waals surface area contributed by atoms with Gasteiger partial charge in [0.05, 0.1) is 16.2 Å². The molecule has 0 aromatic heterocycles. The van der Waals surface area contributed by atoms with Gasteiger partial charge in [0.1, 0.15) is 0 Å². The lowest BCUT2D eigenvalue weighted by atomic mass is 10.1. The Morgan fingerprint density at radius 2 is 1.84 bits per heavy atom. The zero-order valence-corrected chi connectivity index (χ0v) is 14.4. The molecule has 25 heavy (non-hydrogen) atoms. The van der Waals surface area contributed by atoms with Gasteiger partial charge in [-0.15, -0.1) is 0 Å². The fourth-order valence-corrected chi connectivity index (χ4v) is 3.42. The van der Waals surface area contributed by atoms with E-state index in [1.165, 1.54) is 23.9 Å². The molecule has 0 atom stereocenters. The second-order valence-electron chi connectivity index (χ2n) is 5.32. The van der Waals surface area contributed by atoms with E-state index in [-0.39, 0.29) is 11.5 Å². The molecule has 1 saturated heterocycles. The summed E-state index contributed by atoms with van der Waals surface area (Å²) in [5.41, 5.74) is 1.79. The molecule has 0 radical (unpaired) electrons. The van der Waals surface area contributed by atoms with Crippen LogP contribution in [0.15, 0.2) is 64.5 Å². The molecule has 1 aliphatic rings. The zero-order chi connectivity index (χ0) is 17.8. The highest BCUT2D eigenvalue weighted by molar-refractivity contribution is 8.18. The van der Waals surface area contributed by atoms with E-state index in [1.807, 2.05) is 37.3 Å². The van der Waals surface area contributed by atoms with Crippen LogP contribution in [0.3, 0.4) is 0 Å². The van der Waals surface area contributed by atoms with Crippen molar-refractivity contribution in [3.63, 3.8) is 0 Å². The highest BCUT2D eigenvalue weighted by Crippen LogP contribution is 2.33. The number of aliphatic imine (C=N–C) groups is 1.